The van der Waals surface area contributed by atoms with Gasteiger partial charge in [-0.3, -0.25) is 9.79 Å². The molecule has 0 bridgehead atoms. The molecular weight excluding hydrogens is 356 g/mol. The molecule has 5 rings (SSSR count). The second-order valence-electron chi connectivity index (χ2n) is 7.94. The van der Waals surface area contributed by atoms with Crippen molar-refractivity contribution >= 4 is 12.1 Å². The third-order valence-electron chi connectivity index (χ3n) is 6.40. The predicted octanol–water partition coefficient (Wildman–Crippen LogP) is 2.50. The van der Waals surface area contributed by atoms with Crippen molar-refractivity contribution in [3.63, 3.8) is 0 Å². The SMILES string of the molecule is COc1ccc2c3c1O[C@H]1C[C@@H](O)C=C[C@@]31CCN(C(=O)C1=CN=CCC1)C2. The number of aliphatic hydroxyl groups excluding tert-OH is 1. The lowest BCUT2D eigenvalue weighted by Crippen LogP contribution is -2.43. The third kappa shape index (κ3) is 2.51. The standard InChI is InChI=1S/C22H24N2O4/c1-27-17-5-4-15-13-24(21(26)14-3-2-9-23-12-14)10-8-22-7-6-16(25)11-18(22)28-20(17)19(15)22/h4-7,9,12,16,18,25H,2-3,8,10-11,13H2,1H3/t16-,18-,22-/m0/s1. The molecule has 1 spiro atoms. The Bertz CT molecular complexity index is 919. The van der Waals surface area contributed by atoms with Gasteiger partial charge in [-0.25, -0.2) is 0 Å². The largest absolute Gasteiger partial charge is 0.493 e. The topological polar surface area (TPSA) is 71.4 Å². The summed E-state index contributed by atoms with van der Waals surface area (Å²) in [5.74, 6) is 1.54. The Labute approximate surface area is 164 Å². The highest BCUT2D eigenvalue weighted by Gasteiger charge is 2.53. The van der Waals surface area contributed by atoms with Crippen molar-refractivity contribution in [3.05, 3.63) is 47.2 Å². The average Bonchev–Trinajstić information content (AvgIpc) is 2.96. The molecule has 4 aliphatic rings. The molecule has 3 atom stereocenters. The first-order valence-corrected chi connectivity index (χ1v) is 9.87. The summed E-state index contributed by atoms with van der Waals surface area (Å²) in [5.41, 5.74) is 2.65. The summed E-state index contributed by atoms with van der Waals surface area (Å²) in [4.78, 5) is 19.2. The Morgan fingerprint density at radius 1 is 1.43 bits per heavy atom. The molecule has 1 amide bonds. The van der Waals surface area contributed by atoms with Crippen LogP contribution in [0.4, 0.5) is 0 Å². The van der Waals surface area contributed by atoms with Crippen LogP contribution in [0.15, 0.2) is 41.1 Å². The van der Waals surface area contributed by atoms with Crippen LogP contribution in [0.3, 0.4) is 0 Å². The number of hydrogen-bond donors (Lipinski definition) is 1. The average molecular weight is 380 g/mol. The number of methoxy groups -OCH3 is 1. The summed E-state index contributed by atoms with van der Waals surface area (Å²) in [6.07, 6.45) is 9.70. The minimum absolute atomic E-state index is 0.0649. The summed E-state index contributed by atoms with van der Waals surface area (Å²) in [7, 11) is 1.64. The van der Waals surface area contributed by atoms with E-state index < -0.39 is 6.10 Å². The Morgan fingerprint density at radius 3 is 3.11 bits per heavy atom. The number of ether oxygens (including phenoxy) is 2. The van der Waals surface area contributed by atoms with Crippen LogP contribution in [-0.4, -0.2) is 48.0 Å². The van der Waals surface area contributed by atoms with Crippen molar-refractivity contribution in [1.82, 2.24) is 4.90 Å². The van der Waals surface area contributed by atoms with Crippen LogP contribution in [0.1, 0.15) is 36.8 Å². The molecule has 0 unspecified atom stereocenters. The molecule has 1 aromatic carbocycles. The molecule has 0 radical (unpaired) electrons. The molecule has 1 aliphatic carbocycles. The van der Waals surface area contributed by atoms with Gasteiger partial charge in [0.15, 0.2) is 11.5 Å². The van der Waals surface area contributed by atoms with Gasteiger partial charge in [0.25, 0.3) is 5.91 Å². The minimum atomic E-state index is -0.509. The monoisotopic (exact) mass is 380 g/mol. The van der Waals surface area contributed by atoms with Crippen molar-refractivity contribution in [2.45, 2.75) is 49.9 Å². The number of carbonyl (C=O) groups excluding carboxylic acids is 1. The highest BCUT2D eigenvalue weighted by molar-refractivity contribution is 5.94. The van der Waals surface area contributed by atoms with E-state index in [1.165, 1.54) is 0 Å². The highest BCUT2D eigenvalue weighted by atomic mass is 16.5. The Morgan fingerprint density at radius 2 is 2.32 bits per heavy atom. The van der Waals surface area contributed by atoms with Crippen LogP contribution in [0, 0.1) is 0 Å². The van der Waals surface area contributed by atoms with E-state index in [9.17, 15) is 9.90 Å². The van der Waals surface area contributed by atoms with Gasteiger partial charge in [0.05, 0.1) is 18.6 Å². The molecule has 6 nitrogen and oxygen atoms in total. The van der Waals surface area contributed by atoms with Crippen LogP contribution in [0.5, 0.6) is 11.5 Å². The summed E-state index contributed by atoms with van der Waals surface area (Å²) in [6, 6.07) is 3.96. The first kappa shape index (κ1) is 17.5. The number of aliphatic imine (C=N–C) groups is 1. The van der Waals surface area contributed by atoms with E-state index in [4.69, 9.17) is 9.47 Å². The molecule has 1 aromatic rings. The molecule has 3 aliphatic heterocycles. The van der Waals surface area contributed by atoms with E-state index in [-0.39, 0.29) is 17.4 Å². The third-order valence-corrected chi connectivity index (χ3v) is 6.40. The first-order valence-electron chi connectivity index (χ1n) is 9.87. The zero-order valence-electron chi connectivity index (χ0n) is 15.9. The Hall–Kier alpha value is -2.60. The molecule has 28 heavy (non-hydrogen) atoms. The van der Waals surface area contributed by atoms with Crippen molar-refractivity contribution in [2.75, 3.05) is 13.7 Å². The fourth-order valence-electron chi connectivity index (χ4n) is 4.98. The maximum absolute atomic E-state index is 13.1. The van der Waals surface area contributed by atoms with E-state index in [1.54, 1.807) is 13.3 Å². The molecule has 0 saturated carbocycles. The second-order valence-corrected chi connectivity index (χ2v) is 7.94. The molecule has 3 heterocycles. The van der Waals surface area contributed by atoms with E-state index >= 15 is 0 Å². The number of carbonyl (C=O) groups is 1. The Kier molecular flexibility index (Phi) is 4.05. The summed E-state index contributed by atoms with van der Waals surface area (Å²) in [6.45, 7) is 1.18. The van der Waals surface area contributed by atoms with Crippen LogP contribution in [0.2, 0.25) is 0 Å². The van der Waals surface area contributed by atoms with Crippen LogP contribution >= 0.6 is 0 Å². The van der Waals surface area contributed by atoms with Gasteiger partial charge in [-0.2, -0.15) is 0 Å². The normalized spacial score (nSPS) is 30.1. The summed E-state index contributed by atoms with van der Waals surface area (Å²) >= 11 is 0. The van der Waals surface area contributed by atoms with Crippen molar-refractivity contribution in [2.24, 2.45) is 4.99 Å². The number of hydrogen-bond acceptors (Lipinski definition) is 5. The van der Waals surface area contributed by atoms with Crippen molar-refractivity contribution in [3.8, 4) is 11.5 Å². The van der Waals surface area contributed by atoms with Gasteiger partial charge in [0.1, 0.15) is 6.10 Å². The van der Waals surface area contributed by atoms with Gasteiger partial charge >= 0.3 is 0 Å². The smallest absolute Gasteiger partial charge is 0.251 e. The zero-order valence-corrected chi connectivity index (χ0v) is 15.9. The summed E-state index contributed by atoms with van der Waals surface area (Å²) in [5, 5.41) is 10.2. The fraction of sp³-hybridized carbons (Fsp3) is 0.455. The number of rotatable bonds is 2. The van der Waals surface area contributed by atoms with Gasteiger partial charge in [-0.05, 0) is 30.9 Å². The molecule has 6 heteroatoms. The lowest BCUT2D eigenvalue weighted by atomic mass is 9.69. The number of aliphatic hydroxyl groups is 1. The molecule has 146 valence electrons. The fourth-order valence-corrected chi connectivity index (χ4v) is 4.98. The Balaban J connectivity index is 1.58. The van der Waals surface area contributed by atoms with Crippen LogP contribution in [0.25, 0.3) is 0 Å². The number of nitrogens with zero attached hydrogens (tertiary/aromatic N) is 2. The molecule has 0 saturated heterocycles. The van der Waals surface area contributed by atoms with Gasteiger partial charge in [0.2, 0.25) is 0 Å². The molecule has 1 N–H and O–H groups in total. The highest BCUT2D eigenvalue weighted by Crippen LogP contribution is 2.55. The van der Waals surface area contributed by atoms with Gasteiger partial charge in [-0.15, -0.1) is 0 Å². The number of benzene rings is 1. The zero-order chi connectivity index (χ0) is 19.3. The maximum Gasteiger partial charge on any atom is 0.251 e. The lowest BCUT2D eigenvalue weighted by molar-refractivity contribution is -0.128. The van der Waals surface area contributed by atoms with E-state index in [2.05, 4.69) is 11.1 Å². The quantitative estimate of drug-likeness (QED) is 0.801. The minimum Gasteiger partial charge on any atom is -0.493 e. The van der Waals surface area contributed by atoms with E-state index in [0.717, 1.165) is 41.7 Å². The van der Waals surface area contributed by atoms with Gasteiger partial charge < -0.3 is 19.5 Å². The van der Waals surface area contributed by atoms with E-state index in [1.807, 2.05) is 29.3 Å². The lowest BCUT2D eigenvalue weighted by Gasteiger charge is -2.35. The van der Waals surface area contributed by atoms with Crippen LogP contribution < -0.4 is 9.47 Å². The number of amides is 1. The van der Waals surface area contributed by atoms with Crippen LogP contribution in [-0.2, 0) is 16.8 Å². The van der Waals surface area contributed by atoms with E-state index in [0.29, 0.717) is 25.3 Å². The van der Waals surface area contributed by atoms with Gasteiger partial charge in [-0.1, -0.05) is 18.2 Å². The predicted molar refractivity (Wildman–Crippen MR) is 105 cm³/mol. The first-order chi connectivity index (χ1) is 13.6. The van der Waals surface area contributed by atoms with Crippen molar-refractivity contribution < 1.29 is 19.4 Å². The molecule has 0 fully saturated rings. The summed E-state index contributed by atoms with van der Waals surface area (Å²) < 4.78 is 11.9. The van der Waals surface area contributed by atoms with Crippen molar-refractivity contribution in [1.29, 1.82) is 0 Å². The molecule has 0 aromatic heterocycles. The maximum atomic E-state index is 13.1. The molecular formula is C22H24N2O4. The second kappa shape index (κ2) is 6.48. The van der Waals surface area contributed by atoms with Gasteiger partial charge in [0, 0.05) is 43.1 Å².